The van der Waals surface area contributed by atoms with Gasteiger partial charge in [-0.2, -0.15) is 0 Å². The number of hydrogen-bond donors (Lipinski definition) is 1. The lowest BCUT2D eigenvalue weighted by molar-refractivity contribution is 0.101. The molecule has 0 fully saturated rings. The van der Waals surface area contributed by atoms with Crippen LogP contribution in [0.2, 0.25) is 0 Å². The number of aromatic amines is 1. The van der Waals surface area contributed by atoms with E-state index >= 15 is 0 Å². The molecular formula is C15H15BrN2O2S. The predicted octanol–water partition coefficient (Wildman–Crippen LogP) is 3.84. The van der Waals surface area contributed by atoms with Gasteiger partial charge < -0.3 is 4.98 Å². The van der Waals surface area contributed by atoms with Crippen molar-refractivity contribution in [1.82, 2.24) is 9.97 Å². The molecule has 2 rings (SSSR count). The van der Waals surface area contributed by atoms with Crippen LogP contribution in [0.25, 0.3) is 0 Å². The molecule has 6 heteroatoms. The summed E-state index contributed by atoms with van der Waals surface area (Å²) >= 11 is 4.76. The number of rotatable bonds is 5. The van der Waals surface area contributed by atoms with E-state index in [-0.39, 0.29) is 11.3 Å². The van der Waals surface area contributed by atoms with Gasteiger partial charge in [0.25, 0.3) is 5.56 Å². The van der Waals surface area contributed by atoms with E-state index in [1.54, 1.807) is 6.07 Å². The first kappa shape index (κ1) is 16.0. The van der Waals surface area contributed by atoms with Gasteiger partial charge in [-0.05, 0) is 31.5 Å². The standard InChI is InChI=1S/C15H15BrN2O2S/c1-3-4-10-7-14(20)18-15(17-10)21-11-5-6-12(9(2)19)13(16)8-11/h5-8H,3-4H2,1-2H3,(H,17,18,20). The zero-order valence-corrected chi connectivity index (χ0v) is 14.2. The highest BCUT2D eigenvalue weighted by molar-refractivity contribution is 9.10. The number of carbonyl (C=O) groups is 1. The molecule has 4 nitrogen and oxygen atoms in total. The average molecular weight is 367 g/mol. The third kappa shape index (κ3) is 4.28. The van der Waals surface area contributed by atoms with E-state index in [1.807, 2.05) is 19.1 Å². The van der Waals surface area contributed by atoms with E-state index in [2.05, 4.69) is 25.9 Å². The minimum absolute atomic E-state index is 0.00917. The van der Waals surface area contributed by atoms with Crippen molar-refractivity contribution < 1.29 is 4.79 Å². The van der Waals surface area contributed by atoms with Gasteiger partial charge in [-0.15, -0.1) is 0 Å². The molecule has 21 heavy (non-hydrogen) atoms. The number of halogens is 1. The molecular weight excluding hydrogens is 352 g/mol. The minimum atomic E-state index is -0.143. The summed E-state index contributed by atoms with van der Waals surface area (Å²) in [7, 11) is 0. The number of nitrogens with one attached hydrogen (secondary N) is 1. The molecule has 1 aromatic heterocycles. The van der Waals surface area contributed by atoms with Crippen molar-refractivity contribution in [3.8, 4) is 0 Å². The lowest BCUT2D eigenvalue weighted by Crippen LogP contribution is -2.09. The van der Waals surface area contributed by atoms with Crippen molar-refractivity contribution >= 4 is 33.5 Å². The summed E-state index contributed by atoms with van der Waals surface area (Å²) in [5.74, 6) is 0.00917. The van der Waals surface area contributed by atoms with Crippen LogP contribution in [0.4, 0.5) is 0 Å². The first-order chi connectivity index (χ1) is 9.99. The van der Waals surface area contributed by atoms with Crippen LogP contribution in [0.3, 0.4) is 0 Å². The summed E-state index contributed by atoms with van der Waals surface area (Å²) in [6.45, 7) is 3.58. The second-order valence-electron chi connectivity index (χ2n) is 4.59. The number of aryl methyl sites for hydroxylation is 1. The molecule has 2 aromatic rings. The van der Waals surface area contributed by atoms with Crippen LogP contribution in [-0.2, 0) is 6.42 Å². The third-order valence-corrected chi connectivity index (χ3v) is 4.35. The van der Waals surface area contributed by atoms with E-state index in [1.165, 1.54) is 24.8 Å². The van der Waals surface area contributed by atoms with E-state index < -0.39 is 0 Å². The summed E-state index contributed by atoms with van der Waals surface area (Å²) in [4.78, 5) is 31.1. The Labute approximate surface area is 135 Å². The maximum Gasteiger partial charge on any atom is 0.251 e. The van der Waals surface area contributed by atoms with Crippen molar-refractivity contribution in [1.29, 1.82) is 0 Å². The highest BCUT2D eigenvalue weighted by Crippen LogP contribution is 2.29. The van der Waals surface area contributed by atoms with Crippen LogP contribution >= 0.6 is 27.7 Å². The van der Waals surface area contributed by atoms with Gasteiger partial charge in [0.05, 0.1) is 0 Å². The smallest absolute Gasteiger partial charge is 0.251 e. The van der Waals surface area contributed by atoms with Crippen molar-refractivity contribution in [3.63, 3.8) is 0 Å². The molecule has 1 aromatic carbocycles. The van der Waals surface area contributed by atoms with Crippen molar-refractivity contribution in [2.75, 3.05) is 0 Å². The van der Waals surface area contributed by atoms with Gasteiger partial charge in [0.1, 0.15) is 0 Å². The first-order valence-electron chi connectivity index (χ1n) is 6.58. The number of Topliss-reactive ketones (excluding diaryl/α,β-unsaturated/α-hetero) is 1. The Kier molecular flexibility index (Phi) is 5.36. The first-order valence-corrected chi connectivity index (χ1v) is 8.19. The Morgan fingerprint density at radius 2 is 2.14 bits per heavy atom. The highest BCUT2D eigenvalue weighted by Gasteiger charge is 2.08. The van der Waals surface area contributed by atoms with Gasteiger partial charge in [0.15, 0.2) is 10.9 Å². The van der Waals surface area contributed by atoms with Crippen LogP contribution in [0, 0.1) is 0 Å². The van der Waals surface area contributed by atoms with Crippen LogP contribution in [0.15, 0.2) is 43.6 Å². The Bertz CT molecular complexity index is 728. The molecule has 0 unspecified atom stereocenters. The third-order valence-electron chi connectivity index (χ3n) is 2.81. The van der Waals surface area contributed by atoms with Crippen molar-refractivity contribution in [2.45, 2.75) is 36.7 Å². The number of H-pyrrole nitrogens is 1. The second kappa shape index (κ2) is 7.04. The van der Waals surface area contributed by atoms with E-state index in [4.69, 9.17) is 0 Å². The summed E-state index contributed by atoms with van der Waals surface area (Å²) < 4.78 is 0.743. The van der Waals surface area contributed by atoms with E-state index in [9.17, 15) is 9.59 Å². The topological polar surface area (TPSA) is 62.8 Å². The number of hydrogen-bond acceptors (Lipinski definition) is 4. The van der Waals surface area contributed by atoms with Crippen molar-refractivity contribution in [2.24, 2.45) is 0 Å². The molecule has 0 spiro atoms. The molecule has 1 heterocycles. The fraction of sp³-hybridized carbons (Fsp3) is 0.267. The van der Waals surface area contributed by atoms with Crippen LogP contribution < -0.4 is 5.56 Å². The molecule has 0 amide bonds. The number of benzene rings is 1. The van der Waals surface area contributed by atoms with Gasteiger partial charge in [-0.25, -0.2) is 4.98 Å². The molecule has 0 radical (unpaired) electrons. The molecule has 0 aliphatic heterocycles. The minimum Gasteiger partial charge on any atom is -0.301 e. The van der Waals surface area contributed by atoms with Crippen LogP contribution in [0.5, 0.6) is 0 Å². The van der Waals surface area contributed by atoms with Gasteiger partial charge in [-0.1, -0.05) is 41.0 Å². The van der Waals surface area contributed by atoms with Crippen molar-refractivity contribution in [3.05, 3.63) is 50.3 Å². The Hall–Kier alpha value is -1.40. The van der Waals surface area contributed by atoms with Gasteiger partial charge >= 0.3 is 0 Å². The van der Waals surface area contributed by atoms with Crippen LogP contribution in [0.1, 0.15) is 36.3 Å². The summed E-state index contributed by atoms with van der Waals surface area (Å²) in [5, 5.41) is 0.563. The number of nitrogens with zero attached hydrogens (tertiary/aromatic N) is 1. The van der Waals surface area contributed by atoms with Crippen LogP contribution in [-0.4, -0.2) is 15.8 Å². The van der Waals surface area contributed by atoms with Gasteiger partial charge in [-0.3, -0.25) is 9.59 Å². The van der Waals surface area contributed by atoms with E-state index in [0.29, 0.717) is 10.7 Å². The summed E-state index contributed by atoms with van der Waals surface area (Å²) in [6.07, 6.45) is 1.73. The quantitative estimate of drug-likeness (QED) is 0.644. The zero-order valence-electron chi connectivity index (χ0n) is 11.8. The SMILES string of the molecule is CCCc1cc(=O)[nH]c(Sc2ccc(C(C)=O)c(Br)c2)n1. The lowest BCUT2D eigenvalue weighted by Gasteiger charge is -2.05. The molecule has 0 saturated carbocycles. The summed E-state index contributed by atoms with van der Waals surface area (Å²) in [5.41, 5.74) is 1.29. The predicted molar refractivity (Wildman–Crippen MR) is 87.1 cm³/mol. The lowest BCUT2D eigenvalue weighted by atomic mass is 10.2. The van der Waals surface area contributed by atoms with E-state index in [0.717, 1.165) is 27.9 Å². The fourth-order valence-corrected chi connectivity index (χ4v) is 3.53. The molecule has 0 aliphatic rings. The number of aromatic nitrogens is 2. The zero-order chi connectivity index (χ0) is 15.4. The second-order valence-corrected chi connectivity index (χ2v) is 6.51. The van der Waals surface area contributed by atoms with Gasteiger partial charge in [0, 0.05) is 26.7 Å². The molecule has 110 valence electrons. The monoisotopic (exact) mass is 366 g/mol. The Balaban J connectivity index is 2.28. The highest BCUT2D eigenvalue weighted by atomic mass is 79.9. The fourth-order valence-electron chi connectivity index (χ4n) is 1.87. The maximum absolute atomic E-state index is 11.6. The Morgan fingerprint density at radius 3 is 2.76 bits per heavy atom. The molecule has 0 atom stereocenters. The molecule has 0 bridgehead atoms. The van der Waals surface area contributed by atoms with Gasteiger partial charge in [0.2, 0.25) is 0 Å². The summed E-state index contributed by atoms with van der Waals surface area (Å²) in [6, 6.07) is 7.00. The maximum atomic E-state index is 11.6. The molecule has 1 N–H and O–H groups in total. The average Bonchev–Trinajstić information content (AvgIpc) is 2.37. The number of ketones is 1. The molecule has 0 saturated heterocycles. The number of carbonyl (C=O) groups excluding carboxylic acids is 1. The normalized spacial score (nSPS) is 10.6. The largest absolute Gasteiger partial charge is 0.301 e. The Morgan fingerprint density at radius 1 is 1.38 bits per heavy atom. The molecule has 0 aliphatic carbocycles.